The molecule has 0 bridgehead atoms. The van der Waals surface area contributed by atoms with Gasteiger partial charge in [0.2, 0.25) is 10.0 Å². The van der Waals surface area contributed by atoms with Crippen LogP contribution in [0.2, 0.25) is 0 Å². The number of carbonyl (C=O) groups is 1. The van der Waals surface area contributed by atoms with Crippen molar-refractivity contribution < 1.29 is 17.6 Å². The van der Waals surface area contributed by atoms with Crippen LogP contribution in [0.4, 0.5) is 15.8 Å². The summed E-state index contributed by atoms with van der Waals surface area (Å²) in [6.45, 7) is 10.5. The number of halogens is 1. The van der Waals surface area contributed by atoms with Crippen LogP contribution in [0.5, 0.6) is 0 Å². The van der Waals surface area contributed by atoms with Crippen LogP contribution in [-0.4, -0.2) is 35.5 Å². The Kier molecular flexibility index (Phi) is 5.67. The average Bonchev–Trinajstić information content (AvgIpc) is 2.87. The molecule has 6 nitrogen and oxygen atoms in total. The lowest BCUT2D eigenvalue weighted by atomic mass is 9.93. The number of aryl methyl sites for hydroxylation is 2. The summed E-state index contributed by atoms with van der Waals surface area (Å²) in [6, 6.07) is 10.6. The summed E-state index contributed by atoms with van der Waals surface area (Å²) < 4.78 is 39.3. The molecule has 1 saturated heterocycles. The van der Waals surface area contributed by atoms with E-state index in [9.17, 15) is 17.6 Å². The lowest BCUT2D eigenvalue weighted by Gasteiger charge is -2.30. The summed E-state index contributed by atoms with van der Waals surface area (Å²) in [5.41, 5.74) is 0.861. The van der Waals surface area contributed by atoms with Crippen molar-refractivity contribution in [2.24, 2.45) is 0 Å². The molecule has 1 atom stereocenters. The molecule has 30 heavy (non-hydrogen) atoms. The highest BCUT2D eigenvalue weighted by Crippen LogP contribution is 2.38. The fourth-order valence-electron chi connectivity index (χ4n) is 3.60. The predicted octanol–water partition coefficient (Wildman–Crippen LogP) is 3.97. The quantitative estimate of drug-likeness (QED) is 0.516. The van der Waals surface area contributed by atoms with Crippen LogP contribution in [0.25, 0.3) is 4.85 Å². The average molecular weight is 446 g/mol. The molecule has 0 unspecified atom stereocenters. The molecule has 0 saturated carbocycles. The van der Waals surface area contributed by atoms with Gasteiger partial charge in [0, 0.05) is 5.69 Å². The number of hydrogen-bond donors (Lipinski definition) is 0. The first-order valence-electron chi connectivity index (χ1n) is 9.10. The number of hydrogen-bond acceptors (Lipinski definition) is 4. The highest BCUT2D eigenvalue weighted by atomic mass is 32.2. The largest absolute Gasteiger partial charge is 0.271 e. The molecule has 9 heteroatoms. The first kappa shape index (κ1) is 21.9. The van der Waals surface area contributed by atoms with Gasteiger partial charge in [-0.05, 0) is 74.3 Å². The monoisotopic (exact) mass is 445 g/mol. The molecule has 1 aliphatic heterocycles. The van der Waals surface area contributed by atoms with Gasteiger partial charge >= 0.3 is 0 Å². The van der Waals surface area contributed by atoms with Gasteiger partial charge in [-0.2, -0.15) is 0 Å². The van der Waals surface area contributed by atoms with Crippen molar-refractivity contribution >= 4 is 44.6 Å². The molecule has 0 N–H and O–H groups in total. The van der Waals surface area contributed by atoms with E-state index in [0.29, 0.717) is 23.4 Å². The molecular formula is C21H20FN3O3S2. The number of sulfonamides is 1. The summed E-state index contributed by atoms with van der Waals surface area (Å²) in [5.74, 6) is -0.833. The van der Waals surface area contributed by atoms with Gasteiger partial charge in [-0.25, -0.2) is 22.0 Å². The number of amides is 1. The van der Waals surface area contributed by atoms with Gasteiger partial charge in [0.1, 0.15) is 11.4 Å². The van der Waals surface area contributed by atoms with Crippen molar-refractivity contribution in [1.29, 1.82) is 0 Å². The summed E-state index contributed by atoms with van der Waals surface area (Å²) in [5, 5.41) is -0.126. The number of nitrogens with zero attached hydrogens (tertiary/aromatic N) is 3. The van der Waals surface area contributed by atoms with Crippen LogP contribution in [0, 0.1) is 19.3 Å². The van der Waals surface area contributed by atoms with Crippen molar-refractivity contribution in [2.75, 3.05) is 11.2 Å². The molecule has 0 spiro atoms. The van der Waals surface area contributed by atoms with E-state index in [1.54, 1.807) is 44.2 Å². The van der Waals surface area contributed by atoms with Crippen molar-refractivity contribution in [3.8, 4) is 0 Å². The third kappa shape index (κ3) is 3.80. The number of carbonyl (C=O) groups excluding carboxylic acids is 1. The van der Waals surface area contributed by atoms with Gasteiger partial charge in [0.05, 0.1) is 12.8 Å². The smallest absolute Gasteiger partial charge is 0.260 e. The second-order valence-electron chi connectivity index (χ2n) is 7.43. The fourth-order valence-corrected chi connectivity index (χ4v) is 5.67. The maximum atomic E-state index is 13.4. The Morgan fingerprint density at radius 3 is 2.37 bits per heavy atom. The Hall–Kier alpha value is -2.83. The third-order valence-corrected chi connectivity index (χ3v) is 6.90. The minimum absolute atomic E-state index is 0.126. The minimum atomic E-state index is -3.85. The molecular weight excluding hydrogens is 425 g/mol. The standard InChI is InChI=1S/C21H20FN3O3S2/c1-14-13-17(9-10-18(14)23-3)24-19(26)21(2,25(20(24)29)30(4,27)28)12-11-15-5-7-16(22)8-6-15/h5-10,13H,11-12H2,1-2,4H3/t21-/m1/s1. The Bertz CT molecular complexity index is 1170. The maximum Gasteiger partial charge on any atom is 0.260 e. The SMILES string of the molecule is [C-]#[N+]c1ccc(N2C(=O)[C@@](C)(CCc3ccc(F)cc3)N(S(C)(=O)=O)C2=S)cc1C. The number of thiocarbonyl (C=S) groups is 1. The zero-order valence-electron chi connectivity index (χ0n) is 16.7. The van der Waals surface area contributed by atoms with Crippen LogP contribution in [0.3, 0.4) is 0 Å². The van der Waals surface area contributed by atoms with E-state index in [1.807, 2.05) is 0 Å². The van der Waals surface area contributed by atoms with Gasteiger partial charge < -0.3 is 0 Å². The van der Waals surface area contributed by atoms with Crippen LogP contribution < -0.4 is 4.90 Å². The van der Waals surface area contributed by atoms with Crippen molar-refractivity contribution in [2.45, 2.75) is 32.2 Å². The Morgan fingerprint density at radius 1 is 1.20 bits per heavy atom. The van der Waals surface area contributed by atoms with Crippen LogP contribution in [-0.2, 0) is 21.2 Å². The first-order chi connectivity index (χ1) is 14.0. The molecule has 1 fully saturated rings. The summed E-state index contributed by atoms with van der Waals surface area (Å²) in [6.07, 6.45) is 1.54. The van der Waals surface area contributed by atoms with E-state index in [2.05, 4.69) is 4.85 Å². The molecule has 3 rings (SSSR count). The second kappa shape index (κ2) is 7.78. The lowest BCUT2D eigenvalue weighted by molar-refractivity contribution is -0.123. The second-order valence-corrected chi connectivity index (χ2v) is 9.63. The summed E-state index contributed by atoms with van der Waals surface area (Å²) in [7, 11) is -3.85. The van der Waals surface area contributed by atoms with Crippen molar-refractivity contribution in [3.63, 3.8) is 0 Å². The van der Waals surface area contributed by atoms with E-state index in [-0.39, 0.29) is 17.4 Å². The van der Waals surface area contributed by atoms with Gasteiger partial charge in [0.25, 0.3) is 5.91 Å². The van der Waals surface area contributed by atoms with Crippen LogP contribution in [0.1, 0.15) is 24.5 Å². The number of benzene rings is 2. The Balaban J connectivity index is 2.01. The lowest BCUT2D eigenvalue weighted by Crippen LogP contribution is -2.49. The van der Waals surface area contributed by atoms with Crippen molar-refractivity contribution in [1.82, 2.24) is 4.31 Å². The number of anilines is 1. The van der Waals surface area contributed by atoms with Gasteiger partial charge in [-0.3, -0.25) is 9.69 Å². The zero-order chi connectivity index (χ0) is 22.3. The van der Waals surface area contributed by atoms with Gasteiger partial charge in [0.15, 0.2) is 10.8 Å². The highest BCUT2D eigenvalue weighted by molar-refractivity contribution is 7.91. The molecule has 2 aromatic carbocycles. The molecule has 1 heterocycles. The van der Waals surface area contributed by atoms with E-state index < -0.39 is 21.5 Å². The molecule has 1 aliphatic rings. The molecule has 0 aliphatic carbocycles. The molecule has 2 aromatic rings. The fraction of sp³-hybridized carbons (Fsp3) is 0.286. The zero-order valence-corrected chi connectivity index (χ0v) is 18.3. The van der Waals surface area contributed by atoms with E-state index >= 15 is 0 Å². The molecule has 0 aromatic heterocycles. The summed E-state index contributed by atoms with van der Waals surface area (Å²) in [4.78, 5) is 18.1. The Labute approximate surface area is 180 Å². The maximum absolute atomic E-state index is 13.4. The number of rotatable bonds is 5. The minimum Gasteiger partial charge on any atom is -0.271 e. The Morgan fingerprint density at radius 2 is 1.83 bits per heavy atom. The highest BCUT2D eigenvalue weighted by Gasteiger charge is 2.56. The molecule has 1 amide bonds. The summed E-state index contributed by atoms with van der Waals surface area (Å²) >= 11 is 5.41. The first-order valence-corrected chi connectivity index (χ1v) is 11.4. The molecule has 0 radical (unpaired) electrons. The predicted molar refractivity (Wildman–Crippen MR) is 117 cm³/mol. The van der Waals surface area contributed by atoms with Crippen molar-refractivity contribution in [3.05, 3.63) is 70.8 Å². The van der Waals surface area contributed by atoms with E-state index in [4.69, 9.17) is 18.8 Å². The van der Waals surface area contributed by atoms with E-state index in [1.165, 1.54) is 17.0 Å². The van der Waals surface area contributed by atoms with Gasteiger partial charge in [-0.15, -0.1) is 0 Å². The molecule has 156 valence electrons. The van der Waals surface area contributed by atoms with E-state index in [0.717, 1.165) is 16.1 Å². The van der Waals surface area contributed by atoms with Crippen LogP contribution >= 0.6 is 12.2 Å². The normalized spacial score (nSPS) is 19.3. The van der Waals surface area contributed by atoms with Crippen LogP contribution in [0.15, 0.2) is 42.5 Å². The third-order valence-electron chi connectivity index (χ3n) is 5.18. The van der Waals surface area contributed by atoms with Gasteiger partial charge in [-0.1, -0.05) is 18.2 Å². The topological polar surface area (TPSA) is 62.1 Å².